The first-order chi connectivity index (χ1) is 12.7. The first kappa shape index (κ1) is 22.4. The molecule has 1 N–H and O–H groups in total. The third-order valence-corrected chi connectivity index (χ3v) is 5.58. The van der Waals surface area contributed by atoms with E-state index in [1.165, 1.54) is 4.90 Å². The number of hydrogen-bond acceptors (Lipinski definition) is 4. The van der Waals surface area contributed by atoms with Crippen LogP contribution in [-0.4, -0.2) is 44.1 Å². The molecule has 2 rings (SSSR count). The fraction of sp³-hybridized carbons (Fsp3) is 0.588. The van der Waals surface area contributed by atoms with Crippen LogP contribution < -0.4 is 4.72 Å². The Morgan fingerprint density at radius 3 is 2.25 bits per heavy atom. The average Bonchev–Trinajstić information content (AvgIpc) is 2.52. The maximum absolute atomic E-state index is 13.2. The van der Waals surface area contributed by atoms with E-state index in [4.69, 9.17) is 4.74 Å². The number of halogens is 4. The lowest BCUT2D eigenvalue weighted by Crippen LogP contribution is -2.47. The molecule has 6 nitrogen and oxygen atoms in total. The lowest BCUT2D eigenvalue weighted by atomic mass is 10.1. The summed E-state index contributed by atoms with van der Waals surface area (Å²) in [5.41, 5.74) is -2.24. The van der Waals surface area contributed by atoms with E-state index in [1.807, 2.05) is 0 Å². The highest BCUT2D eigenvalue weighted by Crippen LogP contribution is 2.34. The normalized spacial score (nSPS) is 16.9. The fourth-order valence-electron chi connectivity index (χ4n) is 2.75. The van der Waals surface area contributed by atoms with Crippen LogP contribution in [0.4, 0.5) is 22.4 Å². The Morgan fingerprint density at radius 1 is 1.18 bits per heavy atom. The lowest BCUT2D eigenvalue weighted by molar-refractivity contribution is -0.140. The molecule has 28 heavy (non-hydrogen) atoms. The first-order valence-electron chi connectivity index (χ1n) is 8.56. The summed E-state index contributed by atoms with van der Waals surface area (Å²) in [5, 5.41) is 0. The Bertz CT molecular complexity index is 827. The second-order valence-corrected chi connectivity index (χ2v) is 9.18. The number of rotatable bonds is 3. The second-order valence-electron chi connectivity index (χ2n) is 7.50. The van der Waals surface area contributed by atoms with Gasteiger partial charge in [-0.1, -0.05) is 0 Å². The molecule has 0 saturated carbocycles. The molecule has 0 radical (unpaired) electrons. The van der Waals surface area contributed by atoms with Crippen LogP contribution in [0.1, 0.15) is 39.2 Å². The Morgan fingerprint density at radius 2 is 1.75 bits per heavy atom. The Hall–Kier alpha value is -1.88. The molecule has 1 aliphatic rings. The van der Waals surface area contributed by atoms with Crippen LogP contribution >= 0.6 is 0 Å². The van der Waals surface area contributed by atoms with E-state index >= 15 is 0 Å². The van der Waals surface area contributed by atoms with Crippen molar-refractivity contribution in [2.45, 2.75) is 56.3 Å². The smallest absolute Gasteiger partial charge is 0.417 e. The van der Waals surface area contributed by atoms with E-state index in [0.717, 1.165) is 0 Å². The van der Waals surface area contributed by atoms with E-state index < -0.39 is 50.2 Å². The minimum atomic E-state index is -5.02. The van der Waals surface area contributed by atoms with Crippen LogP contribution in [0, 0.1) is 5.82 Å². The van der Waals surface area contributed by atoms with Gasteiger partial charge in [-0.3, -0.25) is 0 Å². The molecule has 1 aliphatic heterocycles. The second kappa shape index (κ2) is 7.86. The molecular weight excluding hydrogens is 404 g/mol. The number of nitrogens with zero attached hydrogens (tertiary/aromatic N) is 1. The molecule has 0 unspecified atom stereocenters. The van der Waals surface area contributed by atoms with Crippen molar-refractivity contribution in [3.63, 3.8) is 0 Å². The van der Waals surface area contributed by atoms with Gasteiger partial charge < -0.3 is 9.64 Å². The van der Waals surface area contributed by atoms with E-state index in [-0.39, 0.29) is 32.0 Å². The molecule has 0 bridgehead atoms. The van der Waals surface area contributed by atoms with Crippen molar-refractivity contribution in [1.29, 1.82) is 0 Å². The minimum absolute atomic E-state index is 0.152. The van der Waals surface area contributed by atoms with Crippen LogP contribution in [0.15, 0.2) is 23.1 Å². The van der Waals surface area contributed by atoms with Gasteiger partial charge in [-0.15, -0.1) is 0 Å². The van der Waals surface area contributed by atoms with Crippen LogP contribution in [0.3, 0.4) is 0 Å². The molecule has 11 heteroatoms. The summed E-state index contributed by atoms with van der Waals surface area (Å²) in [7, 11) is -4.53. The predicted octanol–water partition coefficient (Wildman–Crippen LogP) is 3.52. The molecule has 1 fully saturated rings. The molecule has 0 aromatic heterocycles. The zero-order chi connectivity index (χ0) is 21.3. The zero-order valence-electron chi connectivity index (χ0n) is 15.6. The van der Waals surface area contributed by atoms with Crippen molar-refractivity contribution >= 4 is 16.1 Å². The summed E-state index contributed by atoms with van der Waals surface area (Å²) in [4.78, 5) is 12.4. The average molecular weight is 426 g/mol. The quantitative estimate of drug-likeness (QED) is 0.751. The van der Waals surface area contributed by atoms with Crippen LogP contribution in [0.2, 0.25) is 0 Å². The van der Waals surface area contributed by atoms with Crippen molar-refractivity contribution in [3.05, 3.63) is 29.6 Å². The van der Waals surface area contributed by atoms with Crippen molar-refractivity contribution in [2.75, 3.05) is 13.1 Å². The standard InChI is InChI=1S/C17H22F4N2O4S/c1-16(2,3)27-15(24)23-8-6-12(7-9-23)22-28(25,26)14-5-4-11(18)10-13(14)17(19,20)21/h4-5,10,12,22H,6-9H2,1-3H3. The minimum Gasteiger partial charge on any atom is -0.444 e. The van der Waals surface area contributed by atoms with Crippen LogP contribution in [0.25, 0.3) is 0 Å². The van der Waals surface area contributed by atoms with Gasteiger partial charge in [0.1, 0.15) is 11.4 Å². The largest absolute Gasteiger partial charge is 0.444 e. The van der Waals surface area contributed by atoms with Gasteiger partial charge in [0.05, 0.1) is 10.5 Å². The number of nitrogens with one attached hydrogen (secondary N) is 1. The van der Waals surface area contributed by atoms with E-state index in [9.17, 15) is 30.8 Å². The summed E-state index contributed by atoms with van der Waals surface area (Å²) in [6, 6.07) is 0.750. The molecule has 1 aromatic rings. The SMILES string of the molecule is CC(C)(C)OC(=O)N1CCC(NS(=O)(=O)c2ccc(F)cc2C(F)(F)F)CC1. The Kier molecular flexibility index (Phi) is 6.29. The highest BCUT2D eigenvalue weighted by molar-refractivity contribution is 7.89. The van der Waals surface area contributed by atoms with Gasteiger partial charge in [-0.2, -0.15) is 13.2 Å². The molecule has 1 amide bonds. The highest BCUT2D eigenvalue weighted by Gasteiger charge is 2.38. The van der Waals surface area contributed by atoms with Gasteiger partial charge in [0.2, 0.25) is 10.0 Å². The maximum atomic E-state index is 13.2. The first-order valence-corrected chi connectivity index (χ1v) is 10.0. The Labute approximate surface area is 160 Å². The maximum Gasteiger partial charge on any atom is 0.417 e. The highest BCUT2D eigenvalue weighted by atomic mass is 32.2. The van der Waals surface area contributed by atoms with Gasteiger partial charge in [0.25, 0.3) is 0 Å². The number of piperidine rings is 1. The van der Waals surface area contributed by atoms with E-state index in [0.29, 0.717) is 12.1 Å². The van der Waals surface area contributed by atoms with Gasteiger partial charge in [-0.25, -0.2) is 22.3 Å². The molecule has 0 atom stereocenters. The van der Waals surface area contributed by atoms with E-state index in [2.05, 4.69) is 4.72 Å². The van der Waals surface area contributed by atoms with Crippen molar-refractivity contribution in [1.82, 2.24) is 9.62 Å². The monoisotopic (exact) mass is 426 g/mol. The summed E-state index contributed by atoms with van der Waals surface area (Å²) in [6.45, 7) is 5.53. The number of sulfonamides is 1. The number of ether oxygens (including phenoxy) is 1. The molecular formula is C17H22F4N2O4S. The van der Waals surface area contributed by atoms with Gasteiger partial charge >= 0.3 is 12.3 Å². The summed E-state index contributed by atoms with van der Waals surface area (Å²) >= 11 is 0. The van der Waals surface area contributed by atoms with Gasteiger partial charge in [0, 0.05) is 19.1 Å². The van der Waals surface area contributed by atoms with Gasteiger partial charge in [-0.05, 0) is 51.8 Å². The number of likely N-dealkylation sites (tertiary alicyclic amines) is 1. The van der Waals surface area contributed by atoms with Gasteiger partial charge in [0.15, 0.2) is 0 Å². The third kappa shape index (κ3) is 5.81. The summed E-state index contributed by atoms with van der Waals surface area (Å²) in [6.07, 6.45) is -5.14. The predicted molar refractivity (Wildman–Crippen MR) is 92.6 cm³/mol. The summed E-state index contributed by atoms with van der Waals surface area (Å²) < 4.78 is 84.8. The van der Waals surface area contributed by atoms with Crippen molar-refractivity contribution in [3.8, 4) is 0 Å². The lowest BCUT2D eigenvalue weighted by Gasteiger charge is -2.33. The van der Waals surface area contributed by atoms with Crippen LogP contribution in [0.5, 0.6) is 0 Å². The third-order valence-electron chi connectivity index (χ3n) is 4.00. The number of alkyl halides is 3. The topological polar surface area (TPSA) is 75.7 Å². The number of carbonyl (C=O) groups is 1. The number of carbonyl (C=O) groups excluding carboxylic acids is 1. The zero-order valence-corrected chi connectivity index (χ0v) is 16.5. The number of benzene rings is 1. The van der Waals surface area contributed by atoms with Crippen molar-refractivity contribution in [2.24, 2.45) is 0 Å². The summed E-state index contributed by atoms with van der Waals surface area (Å²) in [5.74, 6) is -1.18. The van der Waals surface area contributed by atoms with Crippen LogP contribution in [-0.2, 0) is 20.9 Å². The van der Waals surface area contributed by atoms with E-state index in [1.54, 1.807) is 20.8 Å². The molecule has 1 saturated heterocycles. The molecule has 1 aromatic carbocycles. The fourth-order valence-corrected chi connectivity index (χ4v) is 4.26. The molecule has 0 aliphatic carbocycles. The van der Waals surface area contributed by atoms with Crippen molar-refractivity contribution < 1.29 is 35.5 Å². The molecule has 0 spiro atoms. The molecule has 158 valence electrons. The number of hydrogen-bond donors (Lipinski definition) is 1. The molecule has 1 heterocycles. The number of amides is 1. The Balaban J connectivity index is 2.08.